The van der Waals surface area contributed by atoms with Crippen LogP contribution in [0.15, 0.2) is 219 Å². The molecule has 0 fully saturated rings. The van der Waals surface area contributed by atoms with Gasteiger partial charge in [-0.3, -0.25) is 0 Å². The lowest BCUT2D eigenvalue weighted by atomic mass is 9.98. The summed E-state index contributed by atoms with van der Waals surface area (Å²) in [7, 11) is -5.88. The first-order valence-corrected chi connectivity index (χ1v) is 34.2. The van der Waals surface area contributed by atoms with E-state index in [0.717, 1.165) is 94.9 Å². The van der Waals surface area contributed by atoms with Crippen molar-refractivity contribution in [3.63, 3.8) is 0 Å². The van der Waals surface area contributed by atoms with Crippen molar-refractivity contribution in [1.29, 1.82) is 0 Å². The fourth-order valence-electron chi connectivity index (χ4n) is 12.0. The van der Waals surface area contributed by atoms with Crippen LogP contribution in [0.4, 0.5) is 17.6 Å². The summed E-state index contributed by atoms with van der Waals surface area (Å²) in [6.07, 6.45) is 10.4. The van der Waals surface area contributed by atoms with E-state index in [2.05, 4.69) is 43.9 Å². The highest BCUT2D eigenvalue weighted by Crippen LogP contribution is 2.40. The van der Waals surface area contributed by atoms with Gasteiger partial charge >= 0.3 is 26.2 Å². The van der Waals surface area contributed by atoms with E-state index in [9.17, 15) is 42.8 Å². The minimum absolute atomic E-state index is 0.135. The average Bonchev–Trinajstić information content (AvgIpc) is 1.63. The molecule has 15 rings (SSSR count). The Labute approximate surface area is 534 Å². The Hall–Kier alpha value is -9.23. The molecule has 0 bridgehead atoms. The van der Waals surface area contributed by atoms with Crippen molar-refractivity contribution in [2.24, 2.45) is 0 Å². The van der Waals surface area contributed by atoms with E-state index in [-0.39, 0.29) is 26.0 Å². The first-order chi connectivity index (χ1) is 44.5. The summed E-state index contributed by atoms with van der Waals surface area (Å²) in [6.45, 7) is 6.64. The number of rotatable bonds is 10. The van der Waals surface area contributed by atoms with E-state index in [1.807, 2.05) is 63.5 Å². The molecule has 23 heteroatoms. The van der Waals surface area contributed by atoms with Gasteiger partial charge in [0.1, 0.15) is 22.8 Å². The van der Waals surface area contributed by atoms with Gasteiger partial charge in [-0.05, 0) is 137 Å². The molecular weight excluding hydrogens is 1250 g/mol. The molecular formula is C70H62F4N8O8S3. The maximum absolute atomic E-state index is 14.0. The van der Waals surface area contributed by atoms with E-state index in [4.69, 9.17) is 8.83 Å². The van der Waals surface area contributed by atoms with Crippen molar-refractivity contribution in [2.45, 2.75) is 47.4 Å². The fourth-order valence-corrected chi connectivity index (χ4v) is 16.1. The molecule has 0 N–H and O–H groups in total. The highest BCUT2D eigenvalue weighted by atomic mass is 32.2. The summed E-state index contributed by atoms with van der Waals surface area (Å²) in [5, 5.41) is 2.72. The predicted molar refractivity (Wildman–Crippen MR) is 353 cm³/mol. The lowest BCUT2D eigenvalue weighted by Crippen LogP contribution is -2.23. The molecule has 0 atom stereocenters. The zero-order valence-electron chi connectivity index (χ0n) is 50.9. The Kier molecular flexibility index (Phi) is 16.6. The third-order valence-electron chi connectivity index (χ3n) is 17.1. The summed E-state index contributed by atoms with van der Waals surface area (Å²) in [5.74, 6) is 0.245. The lowest BCUT2D eigenvalue weighted by Gasteiger charge is -2.21. The summed E-state index contributed by atoms with van der Waals surface area (Å²) in [4.78, 5) is 15.3. The number of halogens is 4. The van der Waals surface area contributed by atoms with E-state index in [0.29, 0.717) is 68.4 Å². The van der Waals surface area contributed by atoms with Gasteiger partial charge in [-0.25, -0.2) is 34.7 Å². The minimum Gasteiger partial charge on any atom is -0.443 e. The molecule has 476 valence electrons. The molecule has 0 unspecified atom stereocenters. The number of hydrogen-bond acceptors (Lipinski definition) is 13. The number of fused-ring (bicyclic) bond motifs is 5. The van der Waals surface area contributed by atoms with Gasteiger partial charge < -0.3 is 23.5 Å². The highest BCUT2D eigenvalue weighted by Gasteiger charge is 2.34. The largest absolute Gasteiger partial charge is 0.443 e. The van der Waals surface area contributed by atoms with Gasteiger partial charge in [-0.1, -0.05) is 85.0 Å². The molecule has 0 spiro atoms. The SMILES string of the molecule is CN1CC=C(c2cn(S(=O)(=O)c3cc4ccccc4o3)c3ccc(C(F)(F)F)cc23)CC1.CN1CC=C(c2cn(S(=O)(=O)c3cc4ccccc4o3)c3ccc(F)cc23)CC1.Cc1nccc(-c2cccc(S(=O)(=O)n3cc(C4=CCN(C)CC4)c4ccccc43)c2)n1. The quantitative estimate of drug-likeness (QED) is 0.118. The van der Waals surface area contributed by atoms with Crippen molar-refractivity contribution in [2.75, 3.05) is 60.4 Å². The molecule has 6 aromatic carbocycles. The maximum atomic E-state index is 14.0. The summed E-state index contributed by atoms with van der Waals surface area (Å²) >= 11 is 0. The van der Waals surface area contributed by atoms with E-state index >= 15 is 0 Å². The van der Waals surface area contributed by atoms with Crippen LogP contribution in [0.25, 0.3) is 82.6 Å². The molecule has 3 aliphatic rings. The number of likely N-dealkylation sites (N-methyl/N-ethyl adjacent to an activating group) is 3. The van der Waals surface area contributed by atoms with Crippen LogP contribution < -0.4 is 0 Å². The smallest absolute Gasteiger partial charge is 0.416 e. The second kappa shape index (κ2) is 24.7. The summed E-state index contributed by atoms with van der Waals surface area (Å²) in [6, 6.07) is 40.7. The first kappa shape index (κ1) is 62.6. The van der Waals surface area contributed by atoms with Crippen LogP contribution in [0, 0.1) is 12.7 Å². The molecule has 16 nitrogen and oxygen atoms in total. The molecule has 0 aliphatic carbocycles. The third kappa shape index (κ3) is 12.3. The summed E-state index contributed by atoms with van der Waals surface area (Å²) < 4.78 is 150. The van der Waals surface area contributed by atoms with Crippen molar-refractivity contribution >= 4 is 101 Å². The lowest BCUT2D eigenvalue weighted by molar-refractivity contribution is -0.137. The van der Waals surface area contributed by atoms with Crippen molar-refractivity contribution in [3.8, 4) is 11.3 Å². The summed E-state index contributed by atoms with van der Waals surface area (Å²) in [5.41, 5.74) is 8.09. The molecule has 0 radical (unpaired) electrons. The number of para-hydroxylation sites is 3. The molecule has 0 saturated carbocycles. The molecule has 9 heterocycles. The second-order valence-electron chi connectivity index (χ2n) is 23.4. The van der Waals surface area contributed by atoms with E-state index < -0.39 is 47.6 Å². The molecule has 12 aromatic rings. The van der Waals surface area contributed by atoms with E-state index in [1.165, 1.54) is 56.1 Å². The first-order valence-electron chi connectivity index (χ1n) is 29.9. The second-order valence-corrected chi connectivity index (χ2v) is 28.7. The van der Waals surface area contributed by atoms with Gasteiger partial charge in [-0.2, -0.15) is 30.0 Å². The Morgan fingerprint density at radius 3 is 1.46 bits per heavy atom. The number of hydrogen-bond donors (Lipinski definition) is 0. The van der Waals surface area contributed by atoms with Gasteiger partial charge in [0.25, 0.3) is 10.0 Å². The zero-order valence-corrected chi connectivity index (χ0v) is 53.4. The molecule has 93 heavy (non-hydrogen) atoms. The molecule has 0 amide bonds. The van der Waals surface area contributed by atoms with Crippen LogP contribution in [0.2, 0.25) is 0 Å². The van der Waals surface area contributed by atoms with Crippen molar-refractivity contribution in [3.05, 3.63) is 229 Å². The molecule has 0 saturated heterocycles. The standard InChI is InChI=1S/C25H24N4O2S.C23H19F3N2O3S.C22H19FN2O3S/c1-18-26-13-10-24(27-18)20-6-5-7-21(16-20)32(30,31)29-17-23(19-11-14-28(2)15-12-19)22-8-3-4-9-25(22)29;1-27-10-8-15(9-11-27)19-14-28(20-7-6-17(13-18(19)20)23(24,25)26)32(29,30)22-12-16-4-2-3-5-21(16)31-22;1-24-10-8-15(9-11-24)19-14-25(20-7-6-17(23)13-18(19)20)29(26,27)22-12-16-4-2-3-5-21(16)28-22/h3-11,13,16-17H,12,14-15H2,1-2H3;2-8,12-14H,9-11H2,1H3;2-8,12-14H,9-11H2,1H3. The number of benzene rings is 6. The van der Waals surface area contributed by atoms with Gasteiger partial charge in [-0.15, -0.1) is 0 Å². The van der Waals surface area contributed by atoms with Crippen molar-refractivity contribution in [1.82, 2.24) is 36.6 Å². The number of aromatic nitrogens is 5. The maximum Gasteiger partial charge on any atom is 0.416 e. The molecule has 6 aromatic heterocycles. The van der Waals surface area contributed by atoms with Gasteiger partial charge in [0.15, 0.2) is 0 Å². The topological polar surface area (TPSA) is 179 Å². The Morgan fingerprint density at radius 1 is 0.484 bits per heavy atom. The monoisotopic (exact) mass is 1310 g/mol. The Bertz CT molecular complexity index is 5300. The Morgan fingerprint density at radius 2 is 0.957 bits per heavy atom. The number of alkyl halides is 3. The zero-order chi connectivity index (χ0) is 65.1. The number of nitrogens with zero attached hydrogens (tertiary/aromatic N) is 8. The normalized spacial score (nSPS) is 15.7. The van der Waals surface area contributed by atoms with Gasteiger partial charge in [0.2, 0.25) is 10.2 Å². The van der Waals surface area contributed by atoms with Crippen LogP contribution in [-0.2, 0) is 36.2 Å². The predicted octanol–water partition coefficient (Wildman–Crippen LogP) is 14.2. The van der Waals surface area contributed by atoms with Crippen LogP contribution in [0.1, 0.15) is 47.3 Å². The fraction of sp³-hybridized carbons (Fsp3) is 0.200. The third-order valence-corrected chi connectivity index (χ3v) is 21.8. The average molecular weight is 1320 g/mol. The van der Waals surface area contributed by atoms with E-state index in [1.54, 1.807) is 85.3 Å². The number of furan rings is 2. The van der Waals surface area contributed by atoms with Gasteiger partial charge in [0.05, 0.1) is 32.7 Å². The van der Waals surface area contributed by atoms with Crippen LogP contribution in [0.5, 0.6) is 0 Å². The molecule has 3 aliphatic heterocycles. The van der Waals surface area contributed by atoms with Crippen LogP contribution in [-0.4, -0.2) is 122 Å². The van der Waals surface area contributed by atoms with Crippen molar-refractivity contribution < 1.29 is 51.6 Å². The number of aryl methyl sites for hydroxylation is 1. The van der Waals surface area contributed by atoms with Gasteiger partial charge in [0, 0.05) is 125 Å². The highest BCUT2D eigenvalue weighted by molar-refractivity contribution is 7.90. The van der Waals surface area contributed by atoms with Crippen LogP contribution >= 0.6 is 0 Å². The minimum atomic E-state index is -4.54. The Balaban J connectivity index is 0.000000127. The van der Waals surface area contributed by atoms with Crippen LogP contribution in [0.3, 0.4) is 0 Å².